The summed E-state index contributed by atoms with van der Waals surface area (Å²) in [5.74, 6) is 0.119. The molecule has 0 N–H and O–H groups in total. The number of rotatable bonds is 7. The van der Waals surface area contributed by atoms with Crippen molar-refractivity contribution in [1.82, 2.24) is 9.80 Å². The summed E-state index contributed by atoms with van der Waals surface area (Å²) in [6.07, 6.45) is 1.33. The van der Waals surface area contributed by atoms with Crippen molar-refractivity contribution in [2.24, 2.45) is 0 Å². The Morgan fingerprint density at radius 1 is 1.00 bits per heavy atom. The predicted molar refractivity (Wildman–Crippen MR) is 127 cm³/mol. The van der Waals surface area contributed by atoms with Crippen molar-refractivity contribution < 1.29 is 14.3 Å². The number of likely N-dealkylation sites (tertiary alicyclic amines) is 1. The average molecular weight is 447 g/mol. The summed E-state index contributed by atoms with van der Waals surface area (Å²) in [5, 5.41) is 0.336. The number of nitrogens with zero attached hydrogens (tertiary/aromatic N) is 2. The highest BCUT2D eigenvalue weighted by Gasteiger charge is 2.67. The third kappa shape index (κ3) is 3.53. The fourth-order valence-corrected chi connectivity index (χ4v) is 18.8. The van der Waals surface area contributed by atoms with Gasteiger partial charge in [0.15, 0.2) is 0 Å². The second kappa shape index (κ2) is 7.82. The van der Waals surface area contributed by atoms with E-state index in [4.69, 9.17) is 4.74 Å². The van der Waals surface area contributed by atoms with Crippen LogP contribution in [-0.2, 0) is 9.53 Å². The summed E-state index contributed by atoms with van der Waals surface area (Å²) in [4.78, 5) is 30.7. The Bertz CT molecular complexity index is 783. The normalized spacial score (nSPS) is 24.3. The van der Waals surface area contributed by atoms with Crippen LogP contribution in [0.15, 0.2) is 30.3 Å². The van der Waals surface area contributed by atoms with Crippen molar-refractivity contribution in [1.29, 1.82) is 0 Å². The molecule has 2 amide bonds. The van der Waals surface area contributed by atoms with Crippen LogP contribution in [0.5, 0.6) is 0 Å². The van der Waals surface area contributed by atoms with Gasteiger partial charge in [0, 0.05) is 5.29 Å². The molecule has 0 unspecified atom stereocenters. The van der Waals surface area contributed by atoms with Crippen molar-refractivity contribution in [2.45, 2.75) is 88.9 Å². The minimum Gasteiger partial charge on any atom is -0.447 e. The molecule has 0 saturated carbocycles. The Kier molecular flexibility index (Phi) is 6.01. The Labute approximate surface area is 183 Å². The molecule has 1 aromatic carbocycles. The fourth-order valence-electron chi connectivity index (χ4n) is 6.11. The van der Waals surface area contributed by atoms with Crippen LogP contribution in [0, 0.1) is 0 Å². The molecule has 3 rings (SSSR count). The molecule has 2 aliphatic rings. The molecule has 1 aromatic rings. The lowest BCUT2D eigenvalue weighted by atomic mass is 9.73. The number of carbonyl (C=O) groups is 2. The molecule has 5 nitrogen and oxygen atoms in total. The first kappa shape index (κ1) is 23.1. The Balaban J connectivity index is 2.06. The number of β-lactam (4-membered cyclic amide) rings is 1. The molecule has 2 atom stereocenters. The number of carbonyl (C=O) groups excluding carboxylic acids is 2. The molecule has 2 heterocycles. The van der Waals surface area contributed by atoms with E-state index >= 15 is 0 Å². The molecule has 2 aliphatic heterocycles. The van der Waals surface area contributed by atoms with E-state index in [1.807, 2.05) is 30.3 Å². The van der Waals surface area contributed by atoms with Crippen LogP contribution in [0.25, 0.3) is 0 Å². The van der Waals surface area contributed by atoms with Crippen molar-refractivity contribution in [2.75, 3.05) is 6.61 Å². The van der Waals surface area contributed by atoms with Crippen LogP contribution in [-0.4, -0.2) is 61.4 Å². The van der Waals surface area contributed by atoms with Crippen LogP contribution in [0.4, 0.5) is 4.79 Å². The van der Waals surface area contributed by atoms with Crippen molar-refractivity contribution in [3.63, 3.8) is 0 Å². The quantitative estimate of drug-likeness (QED) is 0.434. The maximum atomic E-state index is 13.9. The highest BCUT2D eigenvalue weighted by molar-refractivity contribution is 6.96. The molecule has 2 fully saturated rings. The van der Waals surface area contributed by atoms with Crippen molar-refractivity contribution in [3.05, 3.63) is 35.9 Å². The number of amides is 2. The summed E-state index contributed by atoms with van der Waals surface area (Å²) in [5.41, 5.74) is 0.709. The molecule has 0 bridgehead atoms. The van der Waals surface area contributed by atoms with E-state index in [0.29, 0.717) is 11.9 Å². The van der Waals surface area contributed by atoms with E-state index in [2.05, 4.69) is 58.0 Å². The van der Waals surface area contributed by atoms with Gasteiger partial charge in [0.2, 0.25) is 5.91 Å². The second-order valence-electron chi connectivity index (χ2n) is 11.0. The first-order chi connectivity index (χ1) is 13.9. The number of benzene rings is 1. The highest BCUT2D eigenvalue weighted by atomic mass is 28.4. The average Bonchev–Trinajstić information content (AvgIpc) is 3.03. The van der Waals surface area contributed by atoms with Gasteiger partial charge in [0.25, 0.3) is 0 Å². The van der Waals surface area contributed by atoms with Gasteiger partial charge in [0.1, 0.15) is 12.6 Å². The molecular weight excluding hydrogens is 408 g/mol. The van der Waals surface area contributed by atoms with Gasteiger partial charge in [-0.25, -0.2) is 4.79 Å². The molecule has 7 heteroatoms. The van der Waals surface area contributed by atoms with Crippen LogP contribution in [0.3, 0.4) is 0 Å². The molecular formula is C23H38N2O3Si2. The topological polar surface area (TPSA) is 49.9 Å². The van der Waals surface area contributed by atoms with Gasteiger partial charge < -0.3 is 9.64 Å². The fraction of sp³-hybridized carbons (Fsp3) is 0.652. The van der Waals surface area contributed by atoms with Crippen LogP contribution in [0.2, 0.25) is 39.3 Å². The van der Waals surface area contributed by atoms with E-state index in [1.165, 1.54) is 0 Å². The first-order valence-corrected chi connectivity index (χ1v) is 18.4. The van der Waals surface area contributed by atoms with E-state index < -0.39 is 22.2 Å². The zero-order valence-corrected chi connectivity index (χ0v) is 21.9. The number of cyclic esters (lactones) is 1. The van der Waals surface area contributed by atoms with E-state index in [1.54, 1.807) is 4.90 Å². The molecule has 0 spiro atoms. The van der Waals surface area contributed by atoms with Gasteiger partial charge in [-0.05, 0) is 18.4 Å². The zero-order chi connectivity index (χ0) is 22.5. The third-order valence-electron chi connectivity index (χ3n) is 6.96. The lowest BCUT2D eigenvalue weighted by Crippen LogP contribution is -2.85. The van der Waals surface area contributed by atoms with E-state index in [0.717, 1.165) is 18.4 Å². The zero-order valence-electron chi connectivity index (χ0n) is 19.9. The standard InChI is InChI=1S/C23H38N2O3Si2/c1-9-23(10-2)19(20(26)25(23)22(29(3,4)5)30(6,7)8)24-18(16-28-21(24)27)17-14-12-11-13-15-17/h11-15,18-19,22H,9-10,16H2,1-8H3/t18-,19-/m1/s1. The van der Waals surface area contributed by atoms with Gasteiger partial charge in [0.05, 0.1) is 27.7 Å². The van der Waals surface area contributed by atoms with Gasteiger partial charge >= 0.3 is 6.09 Å². The van der Waals surface area contributed by atoms with Gasteiger partial charge in [-0.3, -0.25) is 9.69 Å². The molecule has 0 aliphatic carbocycles. The first-order valence-electron chi connectivity index (χ1n) is 11.2. The lowest BCUT2D eigenvalue weighted by molar-refractivity contribution is -0.175. The van der Waals surface area contributed by atoms with Gasteiger partial charge in [-0.1, -0.05) is 83.5 Å². The minimum absolute atomic E-state index is 0.119. The number of hydrogen-bond acceptors (Lipinski definition) is 3. The Morgan fingerprint density at radius 2 is 1.53 bits per heavy atom. The van der Waals surface area contributed by atoms with E-state index in [-0.39, 0.29) is 23.6 Å². The van der Waals surface area contributed by atoms with Crippen LogP contribution < -0.4 is 0 Å². The maximum absolute atomic E-state index is 13.9. The van der Waals surface area contributed by atoms with Crippen molar-refractivity contribution >= 4 is 28.1 Å². The summed E-state index contributed by atoms with van der Waals surface area (Å²) >= 11 is 0. The van der Waals surface area contributed by atoms with Crippen molar-refractivity contribution in [3.8, 4) is 0 Å². The van der Waals surface area contributed by atoms with Crippen LogP contribution >= 0.6 is 0 Å². The Hall–Kier alpha value is -1.61. The summed E-state index contributed by atoms with van der Waals surface area (Å²) in [6, 6.07) is 9.32. The summed E-state index contributed by atoms with van der Waals surface area (Å²) in [7, 11) is -3.31. The molecule has 0 radical (unpaired) electrons. The minimum atomic E-state index is -1.65. The van der Waals surface area contributed by atoms with E-state index in [9.17, 15) is 9.59 Å². The predicted octanol–water partition coefficient (Wildman–Crippen LogP) is 5.07. The SMILES string of the molecule is CCC1(CC)[C@H](N2C(=O)OC[C@@H]2c2ccccc2)C(=O)N1C([Si](C)(C)C)[Si](C)(C)C. The third-order valence-corrected chi connectivity index (χ3v) is 16.0. The summed E-state index contributed by atoms with van der Waals surface area (Å²) < 4.78 is 5.48. The Morgan fingerprint density at radius 3 is 2.00 bits per heavy atom. The van der Waals surface area contributed by atoms with Gasteiger partial charge in [-0.15, -0.1) is 0 Å². The number of ether oxygens (including phenoxy) is 1. The molecule has 2 saturated heterocycles. The lowest BCUT2D eigenvalue weighted by Gasteiger charge is -2.66. The summed E-state index contributed by atoms with van der Waals surface area (Å²) in [6.45, 7) is 18.9. The molecule has 0 aromatic heterocycles. The molecule has 30 heavy (non-hydrogen) atoms. The maximum Gasteiger partial charge on any atom is 0.411 e. The monoisotopic (exact) mass is 446 g/mol. The van der Waals surface area contributed by atoms with Crippen LogP contribution in [0.1, 0.15) is 38.3 Å². The number of hydrogen-bond donors (Lipinski definition) is 0. The smallest absolute Gasteiger partial charge is 0.411 e. The second-order valence-corrected chi connectivity index (χ2v) is 22.1. The highest BCUT2D eigenvalue weighted by Crippen LogP contribution is 2.49. The van der Waals surface area contributed by atoms with Gasteiger partial charge in [-0.2, -0.15) is 0 Å². The molecule has 166 valence electrons. The largest absolute Gasteiger partial charge is 0.447 e.